The second kappa shape index (κ2) is 3.96. The lowest BCUT2D eigenvalue weighted by molar-refractivity contribution is -0.136. The Kier molecular flexibility index (Phi) is 2.64. The summed E-state index contributed by atoms with van der Waals surface area (Å²) >= 11 is 0. The Morgan fingerprint density at radius 2 is 2.25 bits per heavy atom. The van der Waals surface area contributed by atoms with E-state index in [1.165, 1.54) is 0 Å². The van der Waals surface area contributed by atoms with Gasteiger partial charge in [-0.1, -0.05) is 25.1 Å². The Morgan fingerprint density at radius 1 is 1.50 bits per heavy atom. The van der Waals surface area contributed by atoms with Crippen molar-refractivity contribution in [2.24, 2.45) is 0 Å². The molecule has 2 aromatic rings. The van der Waals surface area contributed by atoms with E-state index in [2.05, 4.69) is 5.16 Å². The summed E-state index contributed by atoms with van der Waals surface area (Å²) in [4.78, 5) is 10.6. The molecule has 0 saturated carbocycles. The molecule has 0 aliphatic heterocycles. The molecule has 16 heavy (non-hydrogen) atoms. The van der Waals surface area contributed by atoms with Gasteiger partial charge < -0.3 is 9.63 Å². The van der Waals surface area contributed by atoms with Gasteiger partial charge in [0, 0.05) is 5.39 Å². The van der Waals surface area contributed by atoms with Gasteiger partial charge in [-0.05, 0) is 23.6 Å². The van der Waals surface area contributed by atoms with Crippen LogP contribution in [0.2, 0.25) is 0 Å². The van der Waals surface area contributed by atoms with Crippen LogP contribution >= 0.6 is 0 Å². The lowest BCUT2D eigenvalue weighted by atomic mass is 10.0. The van der Waals surface area contributed by atoms with E-state index in [0.29, 0.717) is 11.5 Å². The van der Waals surface area contributed by atoms with Gasteiger partial charge in [-0.3, -0.25) is 4.79 Å². The number of carbonyl (C=O) groups is 1. The van der Waals surface area contributed by atoms with E-state index in [4.69, 9.17) is 9.63 Å². The molecule has 0 saturated heterocycles. The summed E-state index contributed by atoms with van der Waals surface area (Å²) in [5, 5.41) is 13.6. The normalized spacial score (nSPS) is 11.2. The maximum absolute atomic E-state index is 10.6. The molecule has 4 heteroatoms. The minimum Gasteiger partial charge on any atom is -0.481 e. The monoisotopic (exact) mass is 219 g/mol. The summed E-state index contributed by atoms with van der Waals surface area (Å²) in [5.74, 6) is -0.547. The summed E-state index contributed by atoms with van der Waals surface area (Å²) in [5.41, 5.74) is 2.30. The Hall–Kier alpha value is -1.84. The number of carboxylic acid groups (broad SMARTS) is 1. The molecular weight excluding hydrogens is 206 g/mol. The van der Waals surface area contributed by atoms with Crippen molar-refractivity contribution in [3.63, 3.8) is 0 Å². The van der Waals surface area contributed by atoms with Gasteiger partial charge in [0.2, 0.25) is 0 Å². The van der Waals surface area contributed by atoms with Crippen LogP contribution in [0.4, 0.5) is 0 Å². The van der Waals surface area contributed by atoms with E-state index < -0.39 is 5.97 Å². The van der Waals surface area contributed by atoms with Crippen LogP contribution in [-0.2, 0) is 11.2 Å². The van der Waals surface area contributed by atoms with Crippen molar-refractivity contribution in [2.45, 2.75) is 26.2 Å². The van der Waals surface area contributed by atoms with Gasteiger partial charge in [0.1, 0.15) is 0 Å². The van der Waals surface area contributed by atoms with Gasteiger partial charge in [-0.15, -0.1) is 0 Å². The van der Waals surface area contributed by atoms with Crippen LogP contribution in [0, 0.1) is 0 Å². The summed E-state index contributed by atoms with van der Waals surface area (Å²) in [6, 6.07) is 5.42. The smallest absolute Gasteiger partial charge is 0.307 e. The second-order valence-corrected chi connectivity index (χ2v) is 4.12. The third kappa shape index (κ3) is 1.91. The van der Waals surface area contributed by atoms with Crippen LogP contribution in [0.5, 0.6) is 0 Å². The summed E-state index contributed by atoms with van der Waals surface area (Å²) < 4.78 is 5.19. The summed E-state index contributed by atoms with van der Waals surface area (Å²) in [6.45, 7) is 4.09. The van der Waals surface area contributed by atoms with Crippen molar-refractivity contribution in [1.29, 1.82) is 0 Å². The van der Waals surface area contributed by atoms with Crippen molar-refractivity contribution < 1.29 is 14.4 Å². The van der Waals surface area contributed by atoms with Crippen LogP contribution < -0.4 is 0 Å². The molecule has 0 atom stereocenters. The largest absolute Gasteiger partial charge is 0.481 e. The molecule has 1 aromatic heterocycles. The van der Waals surface area contributed by atoms with Crippen LogP contribution in [-0.4, -0.2) is 16.2 Å². The molecule has 0 aliphatic rings. The summed E-state index contributed by atoms with van der Waals surface area (Å²) in [7, 11) is 0. The van der Waals surface area contributed by atoms with Gasteiger partial charge >= 0.3 is 5.97 Å². The van der Waals surface area contributed by atoms with E-state index in [1.54, 1.807) is 12.1 Å². The molecule has 0 amide bonds. The molecule has 0 fully saturated rings. The van der Waals surface area contributed by atoms with Crippen molar-refractivity contribution >= 4 is 16.9 Å². The lowest BCUT2D eigenvalue weighted by Gasteiger charge is -1.99. The first kappa shape index (κ1) is 10.7. The Morgan fingerprint density at radius 3 is 2.88 bits per heavy atom. The number of benzene rings is 1. The second-order valence-electron chi connectivity index (χ2n) is 4.12. The number of nitrogens with zero attached hydrogens (tertiary/aromatic N) is 1. The molecule has 0 spiro atoms. The first-order chi connectivity index (χ1) is 7.58. The average molecular weight is 219 g/mol. The van der Waals surface area contributed by atoms with Gasteiger partial charge in [-0.2, -0.15) is 0 Å². The van der Waals surface area contributed by atoms with Gasteiger partial charge in [0.05, 0.1) is 12.1 Å². The fraction of sp³-hybridized carbons (Fsp3) is 0.333. The molecule has 1 aromatic carbocycles. The van der Waals surface area contributed by atoms with Gasteiger partial charge in [0.25, 0.3) is 0 Å². The van der Waals surface area contributed by atoms with E-state index >= 15 is 0 Å². The SMILES string of the molecule is CC(C)c1noc2cc(CC(=O)O)ccc12. The average Bonchev–Trinajstić information content (AvgIpc) is 2.59. The standard InChI is InChI=1S/C12H13NO3/c1-7(2)12-9-4-3-8(6-11(14)15)5-10(9)16-13-12/h3-5,7H,6H2,1-2H3,(H,14,15). The van der Waals surface area contributed by atoms with Crippen molar-refractivity contribution in [1.82, 2.24) is 5.16 Å². The number of hydrogen-bond donors (Lipinski definition) is 1. The van der Waals surface area contributed by atoms with Crippen LogP contribution in [0.3, 0.4) is 0 Å². The molecule has 0 radical (unpaired) electrons. The zero-order valence-corrected chi connectivity index (χ0v) is 9.23. The highest BCUT2D eigenvalue weighted by Crippen LogP contribution is 2.25. The fourth-order valence-corrected chi connectivity index (χ4v) is 1.70. The predicted octanol–water partition coefficient (Wildman–Crippen LogP) is 2.58. The van der Waals surface area contributed by atoms with Crippen LogP contribution in [0.15, 0.2) is 22.7 Å². The van der Waals surface area contributed by atoms with E-state index in [-0.39, 0.29) is 6.42 Å². The predicted molar refractivity (Wildman–Crippen MR) is 59.4 cm³/mol. The van der Waals surface area contributed by atoms with Gasteiger partial charge in [-0.25, -0.2) is 0 Å². The molecule has 1 heterocycles. The highest BCUT2D eigenvalue weighted by atomic mass is 16.5. The quantitative estimate of drug-likeness (QED) is 0.861. The molecule has 0 aliphatic carbocycles. The minimum atomic E-state index is -0.844. The highest BCUT2D eigenvalue weighted by Gasteiger charge is 2.12. The lowest BCUT2D eigenvalue weighted by Crippen LogP contribution is -1.99. The minimum absolute atomic E-state index is 0.00759. The number of hydrogen-bond acceptors (Lipinski definition) is 3. The first-order valence-corrected chi connectivity index (χ1v) is 5.18. The molecule has 2 rings (SSSR count). The number of rotatable bonds is 3. The maximum atomic E-state index is 10.6. The van der Waals surface area contributed by atoms with Gasteiger partial charge in [0.15, 0.2) is 5.58 Å². The molecule has 84 valence electrons. The summed E-state index contributed by atoms with van der Waals surface area (Å²) in [6.07, 6.45) is 0.00759. The Balaban J connectivity index is 2.45. The van der Waals surface area contributed by atoms with Crippen LogP contribution in [0.1, 0.15) is 31.0 Å². The molecular formula is C12H13NO3. The van der Waals surface area contributed by atoms with E-state index in [1.807, 2.05) is 19.9 Å². The van der Waals surface area contributed by atoms with Crippen LogP contribution in [0.25, 0.3) is 11.0 Å². The molecule has 4 nitrogen and oxygen atoms in total. The van der Waals surface area contributed by atoms with Crippen molar-refractivity contribution in [3.05, 3.63) is 29.5 Å². The first-order valence-electron chi connectivity index (χ1n) is 5.18. The molecule has 0 bridgehead atoms. The topological polar surface area (TPSA) is 63.3 Å². The Labute approximate surface area is 92.9 Å². The number of aromatic nitrogens is 1. The van der Waals surface area contributed by atoms with Crippen molar-refractivity contribution in [2.75, 3.05) is 0 Å². The third-order valence-corrected chi connectivity index (χ3v) is 2.47. The highest BCUT2D eigenvalue weighted by molar-refractivity contribution is 5.82. The Bertz CT molecular complexity index is 528. The van der Waals surface area contributed by atoms with Crippen molar-refractivity contribution in [3.8, 4) is 0 Å². The number of fused-ring (bicyclic) bond motifs is 1. The zero-order valence-electron chi connectivity index (χ0n) is 9.23. The molecule has 1 N–H and O–H groups in total. The maximum Gasteiger partial charge on any atom is 0.307 e. The fourth-order valence-electron chi connectivity index (χ4n) is 1.70. The zero-order chi connectivity index (χ0) is 11.7. The molecule has 0 unspecified atom stereocenters. The number of aliphatic carboxylic acids is 1. The van der Waals surface area contributed by atoms with E-state index in [9.17, 15) is 4.79 Å². The van der Waals surface area contributed by atoms with E-state index in [0.717, 1.165) is 16.6 Å². The number of carboxylic acids is 1. The third-order valence-electron chi connectivity index (χ3n) is 2.47.